The van der Waals surface area contributed by atoms with Gasteiger partial charge in [0.1, 0.15) is 15.5 Å². The lowest BCUT2D eigenvalue weighted by Crippen LogP contribution is -2.14. The lowest BCUT2D eigenvalue weighted by molar-refractivity contribution is 0.395. The van der Waals surface area contributed by atoms with Gasteiger partial charge in [-0.1, -0.05) is 37.6 Å². The van der Waals surface area contributed by atoms with Crippen LogP contribution in [0.25, 0.3) is 10.8 Å². The van der Waals surface area contributed by atoms with Gasteiger partial charge in [0, 0.05) is 16.3 Å². The average Bonchev–Trinajstić information content (AvgIpc) is 2.52. The second-order valence-electron chi connectivity index (χ2n) is 5.23. The van der Waals surface area contributed by atoms with Crippen LogP contribution in [0.5, 0.6) is 5.75 Å². The van der Waals surface area contributed by atoms with E-state index in [4.69, 9.17) is 0 Å². The van der Waals surface area contributed by atoms with Gasteiger partial charge < -0.3 is 5.11 Å². The highest BCUT2D eigenvalue weighted by Gasteiger charge is 2.33. The first-order valence-corrected chi connectivity index (χ1v) is 10.0. The van der Waals surface area contributed by atoms with E-state index < -0.39 is 30.0 Å². The topological polar surface area (TPSA) is 118 Å². The fraction of sp³-hybridized carbons (Fsp3) is 0.333. The quantitative estimate of drug-likeness (QED) is 0.589. The third-order valence-corrected chi connectivity index (χ3v) is 6.16. The molecule has 0 saturated carbocycles. The Morgan fingerprint density at radius 2 is 1.62 bits per heavy atom. The zero-order valence-corrected chi connectivity index (χ0v) is 14.8. The van der Waals surface area contributed by atoms with E-state index in [1.165, 1.54) is 18.2 Å². The third kappa shape index (κ3) is 3.25. The highest BCUT2D eigenvalue weighted by molar-refractivity contribution is 7.89. The van der Waals surface area contributed by atoms with Crippen molar-refractivity contribution in [3.63, 3.8) is 0 Å². The molecule has 0 aliphatic heterocycles. The number of hydrogen-bond donors (Lipinski definition) is 2. The molecule has 2 aromatic rings. The van der Waals surface area contributed by atoms with Crippen LogP contribution in [0.2, 0.25) is 0 Å². The van der Waals surface area contributed by atoms with E-state index in [0.29, 0.717) is 12.8 Å². The predicted molar refractivity (Wildman–Crippen MR) is 88.2 cm³/mol. The molecule has 132 valence electrons. The minimum absolute atomic E-state index is 0.0373. The summed E-state index contributed by atoms with van der Waals surface area (Å²) < 4.78 is 62.6. The molecule has 0 heterocycles. The lowest BCUT2D eigenvalue weighted by atomic mass is 10.0. The molecule has 2 rings (SSSR count). The van der Waals surface area contributed by atoms with Gasteiger partial charge in [0.25, 0.3) is 20.2 Å². The summed E-state index contributed by atoms with van der Waals surface area (Å²) in [7, 11) is -8.47. The van der Waals surface area contributed by atoms with E-state index in [1.54, 1.807) is 6.07 Å². The van der Waals surface area contributed by atoms with Crippen molar-refractivity contribution < 1.29 is 30.7 Å². The van der Waals surface area contributed by atoms with Crippen molar-refractivity contribution in [2.45, 2.75) is 36.0 Å². The minimum atomic E-state index is -4.92. The van der Waals surface area contributed by atoms with Gasteiger partial charge in [-0.3, -0.25) is 8.74 Å². The van der Waals surface area contributed by atoms with Crippen molar-refractivity contribution in [2.24, 2.45) is 0 Å². The van der Waals surface area contributed by atoms with Crippen LogP contribution < -0.4 is 0 Å². The number of benzene rings is 2. The monoisotopic (exact) mass is 374 g/mol. The normalized spacial score (nSPS) is 12.6. The summed E-state index contributed by atoms with van der Waals surface area (Å²) in [4.78, 5) is -1.49. The molecule has 0 unspecified atom stereocenters. The smallest absolute Gasteiger partial charge is 0.298 e. The van der Waals surface area contributed by atoms with Crippen LogP contribution in [0.15, 0.2) is 34.1 Å². The first-order valence-electron chi connectivity index (χ1n) is 7.19. The van der Waals surface area contributed by atoms with E-state index in [2.05, 4.69) is 4.18 Å². The summed E-state index contributed by atoms with van der Waals surface area (Å²) in [6, 6.07) is 5.90. The highest BCUT2D eigenvalue weighted by Crippen LogP contribution is 2.41. The van der Waals surface area contributed by atoms with Crippen LogP contribution in [0, 0.1) is 0 Å². The molecule has 0 spiro atoms. The maximum Gasteiger partial charge on any atom is 0.298 e. The van der Waals surface area contributed by atoms with Crippen molar-refractivity contribution in [1.29, 1.82) is 0 Å². The SMILES string of the molecule is CCCCc1c(S(=O)(=O)O)c(S(=O)(=O)OC)c2ccccc2c1O. The van der Waals surface area contributed by atoms with Gasteiger partial charge in [-0.15, -0.1) is 0 Å². The van der Waals surface area contributed by atoms with E-state index in [0.717, 1.165) is 7.11 Å². The van der Waals surface area contributed by atoms with Gasteiger partial charge >= 0.3 is 0 Å². The van der Waals surface area contributed by atoms with Gasteiger partial charge in [0.15, 0.2) is 0 Å². The molecule has 0 amide bonds. The van der Waals surface area contributed by atoms with Crippen LogP contribution in [-0.4, -0.2) is 33.6 Å². The minimum Gasteiger partial charge on any atom is -0.507 e. The van der Waals surface area contributed by atoms with Crippen LogP contribution >= 0.6 is 0 Å². The molecule has 9 heteroatoms. The van der Waals surface area contributed by atoms with Gasteiger partial charge in [-0.2, -0.15) is 16.8 Å². The Balaban J connectivity index is 3.13. The van der Waals surface area contributed by atoms with E-state index >= 15 is 0 Å². The Morgan fingerprint density at radius 1 is 1.04 bits per heavy atom. The third-order valence-electron chi connectivity index (χ3n) is 3.70. The summed E-state index contributed by atoms with van der Waals surface area (Å²) in [5.74, 6) is -0.360. The Bertz CT molecular complexity index is 977. The molecule has 0 fully saturated rings. The van der Waals surface area contributed by atoms with E-state index in [1.807, 2.05) is 6.92 Å². The molecule has 0 atom stereocenters. The van der Waals surface area contributed by atoms with Crippen molar-refractivity contribution in [3.8, 4) is 5.75 Å². The molecule has 2 N–H and O–H groups in total. The van der Waals surface area contributed by atoms with Gasteiger partial charge in [0.2, 0.25) is 0 Å². The molecular weight excluding hydrogens is 356 g/mol. The van der Waals surface area contributed by atoms with E-state index in [-0.39, 0.29) is 28.5 Å². The summed E-state index contributed by atoms with van der Waals surface area (Å²) in [5, 5.41) is 10.6. The standard InChI is InChI=1S/C15H18O7S2/c1-3-4-7-12-13(16)10-8-5-6-9-11(10)15(24(20,21)22-2)14(12)23(17,18)19/h5-6,8-9,16H,3-4,7H2,1-2H3,(H,17,18,19). The number of hydrogen-bond acceptors (Lipinski definition) is 6. The fourth-order valence-electron chi connectivity index (χ4n) is 2.61. The fourth-order valence-corrected chi connectivity index (χ4v) is 5.05. The number of phenols is 1. The highest BCUT2D eigenvalue weighted by atomic mass is 32.2. The van der Waals surface area contributed by atoms with Gasteiger partial charge in [0.05, 0.1) is 7.11 Å². The number of phenolic OH excluding ortho intramolecular Hbond substituents is 1. The van der Waals surface area contributed by atoms with Crippen molar-refractivity contribution >= 4 is 31.0 Å². The molecule has 0 aliphatic rings. The second kappa shape index (κ2) is 6.67. The predicted octanol–water partition coefficient (Wildman–Crippen LogP) is 2.47. The van der Waals surface area contributed by atoms with Crippen molar-refractivity contribution in [1.82, 2.24) is 0 Å². The first kappa shape index (κ1) is 18.7. The summed E-state index contributed by atoms with van der Waals surface area (Å²) in [6.07, 6.45) is 1.28. The maximum absolute atomic E-state index is 12.3. The van der Waals surface area contributed by atoms with Crippen LogP contribution in [0.3, 0.4) is 0 Å². The molecule has 2 aromatic carbocycles. The Hall–Kier alpha value is -1.68. The van der Waals surface area contributed by atoms with Gasteiger partial charge in [-0.05, 0) is 12.8 Å². The Kier molecular flexibility index (Phi) is 5.19. The lowest BCUT2D eigenvalue weighted by Gasteiger charge is -2.17. The number of unbranched alkanes of at least 4 members (excludes halogenated alkanes) is 1. The molecule has 0 aliphatic carbocycles. The Morgan fingerprint density at radius 3 is 2.12 bits per heavy atom. The van der Waals surface area contributed by atoms with Crippen LogP contribution in [0.1, 0.15) is 25.3 Å². The molecule has 0 saturated heterocycles. The largest absolute Gasteiger partial charge is 0.507 e. The molecule has 0 radical (unpaired) electrons. The van der Waals surface area contributed by atoms with Gasteiger partial charge in [-0.25, -0.2) is 0 Å². The summed E-state index contributed by atoms with van der Waals surface area (Å²) in [6.45, 7) is 1.86. The number of fused-ring (bicyclic) bond motifs is 1. The first-order chi connectivity index (χ1) is 11.1. The zero-order valence-electron chi connectivity index (χ0n) is 13.2. The average molecular weight is 374 g/mol. The van der Waals surface area contributed by atoms with Crippen LogP contribution in [-0.2, 0) is 30.8 Å². The Labute approximate surface area is 140 Å². The summed E-state index contributed by atoms with van der Waals surface area (Å²) >= 11 is 0. The van der Waals surface area contributed by atoms with Crippen molar-refractivity contribution in [3.05, 3.63) is 29.8 Å². The molecule has 0 aromatic heterocycles. The van der Waals surface area contributed by atoms with Crippen molar-refractivity contribution in [2.75, 3.05) is 7.11 Å². The zero-order chi connectivity index (χ0) is 18.1. The maximum atomic E-state index is 12.3. The van der Waals surface area contributed by atoms with E-state index in [9.17, 15) is 26.5 Å². The number of aromatic hydroxyl groups is 1. The molecule has 0 bridgehead atoms. The second-order valence-corrected chi connectivity index (χ2v) is 8.24. The van der Waals surface area contributed by atoms with Crippen LogP contribution in [0.4, 0.5) is 0 Å². The molecule has 7 nitrogen and oxygen atoms in total. The number of rotatable bonds is 6. The molecule has 24 heavy (non-hydrogen) atoms. The molecular formula is C15H18O7S2. The summed E-state index contributed by atoms with van der Waals surface area (Å²) in [5.41, 5.74) is -0.131.